The van der Waals surface area contributed by atoms with Crippen LogP contribution in [0.2, 0.25) is 5.15 Å². The third-order valence-corrected chi connectivity index (χ3v) is 2.01. The van der Waals surface area contributed by atoms with Gasteiger partial charge in [0, 0.05) is 12.1 Å². The minimum Gasteiger partial charge on any atom is -0.241 e. The predicted octanol–water partition coefficient (Wildman–Crippen LogP) is 3.55. The first-order valence-corrected chi connectivity index (χ1v) is 4.16. The highest BCUT2D eigenvalue weighted by Gasteiger charge is 2.20. The lowest BCUT2D eigenvalue weighted by Gasteiger charge is -2.07. The SMILES string of the molecule is Fc1c(Cl)ncc(CCl)c1C(F)F. The quantitative estimate of drug-likeness (QED) is 0.559. The molecule has 0 aliphatic heterocycles. The van der Waals surface area contributed by atoms with Gasteiger partial charge in [-0.3, -0.25) is 0 Å². The second-order valence-electron chi connectivity index (χ2n) is 2.24. The van der Waals surface area contributed by atoms with Crippen molar-refractivity contribution in [2.45, 2.75) is 12.3 Å². The van der Waals surface area contributed by atoms with E-state index in [4.69, 9.17) is 23.2 Å². The summed E-state index contributed by atoms with van der Waals surface area (Å²) in [7, 11) is 0. The zero-order valence-electron chi connectivity index (χ0n) is 6.20. The summed E-state index contributed by atoms with van der Waals surface area (Å²) in [6, 6.07) is 0. The van der Waals surface area contributed by atoms with Crippen LogP contribution in [0, 0.1) is 5.82 Å². The van der Waals surface area contributed by atoms with E-state index in [-0.39, 0.29) is 11.4 Å². The van der Waals surface area contributed by atoms with Crippen LogP contribution in [0.4, 0.5) is 13.2 Å². The number of hydrogen-bond acceptors (Lipinski definition) is 1. The Balaban J connectivity index is 3.32. The van der Waals surface area contributed by atoms with Gasteiger partial charge < -0.3 is 0 Å². The molecular weight excluding hydrogens is 226 g/mol. The van der Waals surface area contributed by atoms with E-state index in [0.29, 0.717) is 0 Å². The summed E-state index contributed by atoms with van der Waals surface area (Å²) in [6.07, 6.45) is -1.89. The number of aromatic nitrogens is 1. The van der Waals surface area contributed by atoms with Crippen molar-refractivity contribution in [2.75, 3.05) is 0 Å². The molecule has 1 rings (SSSR count). The summed E-state index contributed by atoms with van der Waals surface area (Å²) in [5.41, 5.74) is -0.812. The van der Waals surface area contributed by atoms with E-state index in [2.05, 4.69) is 4.98 Å². The molecule has 1 aromatic rings. The molecule has 0 unspecified atom stereocenters. The molecule has 0 aliphatic carbocycles. The molecule has 0 N–H and O–H groups in total. The average Bonchev–Trinajstić information content (AvgIpc) is 2.08. The molecule has 0 aliphatic rings. The zero-order valence-corrected chi connectivity index (χ0v) is 7.71. The summed E-state index contributed by atoms with van der Waals surface area (Å²) in [5.74, 6) is -1.42. The van der Waals surface area contributed by atoms with Crippen molar-refractivity contribution in [3.63, 3.8) is 0 Å². The Morgan fingerprint density at radius 1 is 1.46 bits per heavy atom. The van der Waals surface area contributed by atoms with Crippen molar-refractivity contribution in [1.29, 1.82) is 0 Å². The molecule has 0 aromatic carbocycles. The van der Waals surface area contributed by atoms with Gasteiger partial charge >= 0.3 is 0 Å². The number of rotatable bonds is 2. The van der Waals surface area contributed by atoms with Gasteiger partial charge in [-0.1, -0.05) is 11.6 Å². The molecule has 13 heavy (non-hydrogen) atoms. The number of pyridine rings is 1. The Hall–Kier alpha value is -0.480. The molecule has 0 saturated heterocycles. The number of halogens is 5. The molecule has 0 amide bonds. The van der Waals surface area contributed by atoms with Gasteiger partial charge in [0.15, 0.2) is 11.0 Å². The van der Waals surface area contributed by atoms with E-state index in [1.165, 1.54) is 0 Å². The third-order valence-electron chi connectivity index (χ3n) is 1.46. The Morgan fingerprint density at radius 3 is 2.54 bits per heavy atom. The van der Waals surface area contributed by atoms with E-state index in [9.17, 15) is 13.2 Å². The molecule has 1 aromatic heterocycles. The van der Waals surface area contributed by atoms with E-state index >= 15 is 0 Å². The fourth-order valence-corrected chi connectivity index (χ4v) is 1.22. The Kier molecular flexibility index (Phi) is 3.39. The number of hydrogen-bond donors (Lipinski definition) is 0. The lowest BCUT2D eigenvalue weighted by molar-refractivity contribution is 0.145. The lowest BCUT2D eigenvalue weighted by Crippen LogP contribution is -1.99. The van der Waals surface area contributed by atoms with Crippen LogP contribution in [0.3, 0.4) is 0 Å². The molecular formula is C7H4Cl2F3N. The number of alkyl halides is 3. The highest BCUT2D eigenvalue weighted by molar-refractivity contribution is 6.29. The smallest absolute Gasteiger partial charge is 0.241 e. The molecule has 0 spiro atoms. The van der Waals surface area contributed by atoms with Gasteiger partial charge in [-0.15, -0.1) is 11.6 Å². The van der Waals surface area contributed by atoms with E-state index in [1.807, 2.05) is 0 Å². The molecule has 6 heteroatoms. The van der Waals surface area contributed by atoms with Gasteiger partial charge in [-0.25, -0.2) is 18.2 Å². The summed E-state index contributed by atoms with van der Waals surface area (Å²) >= 11 is 10.5. The van der Waals surface area contributed by atoms with Crippen molar-refractivity contribution in [3.05, 3.63) is 28.3 Å². The van der Waals surface area contributed by atoms with Crippen molar-refractivity contribution in [1.82, 2.24) is 4.98 Å². The summed E-state index contributed by atoms with van der Waals surface area (Å²) in [5, 5.41) is -0.566. The molecule has 0 radical (unpaired) electrons. The number of nitrogens with zero attached hydrogens (tertiary/aromatic N) is 1. The van der Waals surface area contributed by atoms with Crippen LogP contribution >= 0.6 is 23.2 Å². The largest absolute Gasteiger partial charge is 0.267 e. The van der Waals surface area contributed by atoms with Crippen LogP contribution in [0.25, 0.3) is 0 Å². The van der Waals surface area contributed by atoms with Crippen molar-refractivity contribution in [2.24, 2.45) is 0 Å². The van der Waals surface area contributed by atoms with Crippen LogP contribution in [-0.4, -0.2) is 4.98 Å². The predicted molar refractivity (Wildman–Crippen MR) is 43.7 cm³/mol. The highest BCUT2D eigenvalue weighted by atomic mass is 35.5. The molecule has 1 nitrogen and oxygen atoms in total. The highest BCUT2D eigenvalue weighted by Crippen LogP contribution is 2.29. The molecule has 0 bridgehead atoms. The molecule has 72 valence electrons. The average molecular weight is 230 g/mol. The molecule has 0 atom stereocenters. The first-order valence-electron chi connectivity index (χ1n) is 3.24. The maximum absolute atomic E-state index is 13.0. The van der Waals surface area contributed by atoms with Crippen molar-refractivity contribution in [3.8, 4) is 0 Å². The van der Waals surface area contributed by atoms with E-state index < -0.39 is 23.0 Å². The van der Waals surface area contributed by atoms with Crippen LogP contribution in [0.1, 0.15) is 17.6 Å². The Bertz CT molecular complexity index is 317. The minimum absolute atomic E-state index is 0.0430. The fourth-order valence-electron chi connectivity index (χ4n) is 0.855. The topological polar surface area (TPSA) is 12.9 Å². The van der Waals surface area contributed by atoms with Gasteiger partial charge in [-0.05, 0) is 5.56 Å². The van der Waals surface area contributed by atoms with Crippen LogP contribution < -0.4 is 0 Å². The fraction of sp³-hybridized carbons (Fsp3) is 0.286. The van der Waals surface area contributed by atoms with Crippen molar-refractivity contribution < 1.29 is 13.2 Å². The molecule has 1 heterocycles. The second kappa shape index (κ2) is 4.15. The molecule has 0 fully saturated rings. The summed E-state index contributed by atoms with van der Waals surface area (Å²) in [4.78, 5) is 3.37. The van der Waals surface area contributed by atoms with E-state index in [0.717, 1.165) is 6.20 Å². The monoisotopic (exact) mass is 229 g/mol. The van der Waals surface area contributed by atoms with Gasteiger partial charge in [0.1, 0.15) is 0 Å². The maximum Gasteiger partial charge on any atom is 0.267 e. The maximum atomic E-state index is 13.0. The summed E-state index contributed by atoms with van der Waals surface area (Å²) < 4.78 is 37.5. The zero-order chi connectivity index (χ0) is 10.0. The van der Waals surface area contributed by atoms with Crippen LogP contribution in [0.5, 0.6) is 0 Å². The van der Waals surface area contributed by atoms with Gasteiger partial charge in [0.05, 0.1) is 5.56 Å². The Labute approximate surface area is 82.5 Å². The van der Waals surface area contributed by atoms with E-state index in [1.54, 1.807) is 0 Å². The van der Waals surface area contributed by atoms with Crippen LogP contribution in [0.15, 0.2) is 6.20 Å². The lowest BCUT2D eigenvalue weighted by atomic mass is 10.1. The molecule has 0 saturated carbocycles. The first kappa shape index (κ1) is 10.6. The third kappa shape index (κ3) is 2.06. The first-order chi connectivity index (χ1) is 6.07. The van der Waals surface area contributed by atoms with Gasteiger partial charge in [0.2, 0.25) is 0 Å². The van der Waals surface area contributed by atoms with Crippen LogP contribution in [-0.2, 0) is 5.88 Å². The second-order valence-corrected chi connectivity index (χ2v) is 2.86. The normalized spacial score (nSPS) is 10.9. The standard InChI is InChI=1S/C7H4Cl2F3N/c8-1-3-2-13-6(9)5(10)4(3)7(11)12/h2,7H,1H2. The van der Waals surface area contributed by atoms with Gasteiger partial charge in [0.25, 0.3) is 6.43 Å². The minimum atomic E-state index is -2.94. The van der Waals surface area contributed by atoms with Gasteiger partial charge in [-0.2, -0.15) is 0 Å². The van der Waals surface area contributed by atoms with Crippen molar-refractivity contribution >= 4 is 23.2 Å². The summed E-state index contributed by atoms with van der Waals surface area (Å²) in [6.45, 7) is 0. The Morgan fingerprint density at radius 2 is 2.08 bits per heavy atom.